The number of fused-ring (bicyclic) bond motifs is 1. The lowest BCUT2D eigenvalue weighted by Gasteiger charge is -2.22. The van der Waals surface area contributed by atoms with Gasteiger partial charge in [0, 0.05) is 23.3 Å². The molecule has 24 heavy (non-hydrogen) atoms. The van der Waals surface area contributed by atoms with Crippen LogP contribution in [0, 0.1) is 0 Å². The summed E-state index contributed by atoms with van der Waals surface area (Å²) in [7, 11) is 0. The Morgan fingerprint density at radius 1 is 1.25 bits per heavy atom. The molecule has 0 radical (unpaired) electrons. The molecule has 0 aliphatic carbocycles. The molecule has 0 bridgehead atoms. The Bertz CT molecular complexity index is 906. The number of aromatic nitrogens is 2. The van der Waals surface area contributed by atoms with Crippen molar-refractivity contribution < 1.29 is 0 Å². The molecule has 2 aliphatic heterocycles. The molecule has 4 nitrogen and oxygen atoms in total. The molecule has 0 amide bonds. The topological polar surface area (TPSA) is 39.3 Å². The van der Waals surface area contributed by atoms with Crippen molar-refractivity contribution in [1.82, 2.24) is 9.36 Å². The molecule has 0 atom stereocenters. The monoisotopic (exact) mass is 397 g/mol. The number of allylic oxidation sites excluding steroid dienone is 1. The minimum Gasteiger partial charge on any atom is -0.255 e. The summed E-state index contributed by atoms with van der Waals surface area (Å²) in [5.74, 6) is 2.33. The molecule has 4 rings (SSSR count). The van der Waals surface area contributed by atoms with Gasteiger partial charge in [0.05, 0.1) is 10.3 Å². The lowest BCUT2D eigenvalue weighted by atomic mass is 10.2. The summed E-state index contributed by atoms with van der Waals surface area (Å²) in [5, 5.41) is 0.735. The van der Waals surface area contributed by atoms with Crippen LogP contribution in [0.15, 0.2) is 34.1 Å². The van der Waals surface area contributed by atoms with E-state index in [2.05, 4.69) is 0 Å². The highest BCUT2D eigenvalue weighted by Crippen LogP contribution is 2.47. The number of hydrogen-bond acceptors (Lipinski definition) is 5. The van der Waals surface area contributed by atoms with Gasteiger partial charge in [-0.05, 0) is 53.9 Å². The molecule has 2 aromatic rings. The number of benzene rings is 1. The van der Waals surface area contributed by atoms with Gasteiger partial charge >= 0.3 is 4.87 Å². The molecule has 8 heteroatoms. The number of thioether (sulfide) groups is 2. The molecule has 0 unspecified atom stereocenters. The second kappa shape index (κ2) is 7.15. The Labute approximate surface area is 157 Å². The van der Waals surface area contributed by atoms with Crippen molar-refractivity contribution in [3.8, 4) is 0 Å². The van der Waals surface area contributed by atoms with Gasteiger partial charge in [-0.2, -0.15) is 0 Å². The number of nitrogens with zero attached hydrogens (tertiary/aromatic N) is 3. The van der Waals surface area contributed by atoms with Crippen LogP contribution in [0.2, 0.25) is 5.02 Å². The van der Waals surface area contributed by atoms with Crippen molar-refractivity contribution in [3.05, 3.63) is 49.3 Å². The van der Waals surface area contributed by atoms with Crippen LogP contribution in [-0.2, 0) is 6.54 Å². The molecular weight excluding hydrogens is 382 g/mol. The van der Waals surface area contributed by atoms with Crippen molar-refractivity contribution in [2.75, 3.05) is 11.5 Å². The smallest absolute Gasteiger partial charge is 0.255 e. The third-order valence-corrected chi connectivity index (χ3v) is 7.95. The minimum atomic E-state index is 0.00151. The molecule has 0 spiro atoms. The largest absolute Gasteiger partial charge is 0.329 e. The number of rotatable bonds is 2. The normalized spacial score (nSPS) is 18.8. The van der Waals surface area contributed by atoms with E-state index in [1.165, 1.54) is 17.8 Å². The van der Waals surface area contributed by atoms with E-state index in [0.717, 1.165) is 45.5 Å². The van der Waals surface area contributed by atoms with E-state index in [9.17, 15) is 4.79 Å². The van der Waals surface area contributed by atoms with Gasteiger partial charge in [0.15, 0.2) is 0 Å². The average molecular weight is 398 g/mol. The molecule has 3 heterocycles. The van der Waals surface area contributed by atoms with Crippen LogP contribution in [0.4, 0.5) is 5.69 Å². The molecule has 1 aromatic heterocycles. The molecule has 2 aliphatic rings. The third kappa shape index (κ3) is 3.27. The summed E-state index contributed by atoms with van der Waals surface area (Å²) in [6.07, 6.45) is 6.01. The van der Waals surface area contributed by atoms with Gasteiger partial charge in [-0.3, -0.25) is 9.48 Å². The van der Waals surface area contributed by atoms with E-state index in [0.29, 0.717) is 4.58 Å². The average Bonchev–Trinajstić information content (AvgIpc) is 2.94. The molecule has 0 saturated carbocycles. The highest BCUT2D eigenvalue weighted by atomic mass is 35.5. The van der Waals surface area contributed by atoms with Crippen molar-refractivity contribution in [2.45, 2.75) is 24.0 Å². The van der Waals surface area contributed by atoms with E-state index in [1.807, 2.05) is 58.7 Å². The molecule has 1 fully saturated rings. The van der Waals surface area contributed by atoms with Crippen molar-refractivity contribution in [1.29, 1.82) is 0 Å². The summed E-state index contributed by atoms with van der Waals surface area (Å²) in [6, 6.07) is 5.86. The summed E-state index contributed by atoms with van der Waals surface area (Å²) < 4.78 is 3.95. The van der Waals surface area contributed by atoms with Gasteiger partial charge in [0.1, 0.15) is 0 Å². The SMILES string of the molecule is O=c1sc(=Nc2ccc(Cl)cc2C2SCCCS2)n2n1C=CCC2. The van der Waals surface area contributed by atoms with Crippen LogP contribution in [0.1, 0.15) is 23.0 Å². The van der Waals surface area contributed by atoms with Gasteiger partial charge in [-0.1, -0.05) is 17.7 Å². The maximum Gasteiger partial charge on any atom is 0.329 e. The fourth-order valence-electron chi connectivity index (χ4n) is 2.75. The van der Waals surface area contributed by atoms with E-state index in [1.54, 1.807) is 4.68 Å². The first-order valence-electron chi connectivity index (χ1n) is 7.79. The molecule has 1 aromatic carbocycles. The second-order valence-corrected chi connectivity index (χ2v) is 9.61. The Morgan fingerprint density at radius 2 is 2.08 bits per heavy atom. The quantitative estimate of drug-likeness (QED) is 0.756. The van der Waals surface area contributed by atoms with Gasteiger partial charge in [0.2, 0.25) is 4.80 Å². The minimum absolute atomic E-state index is 0.00151. The fraction of sp³-hybridized carbons (Fsp3) is 0.375. The summed E-state index contributed by atoms with van der Waals surface area (Å²) in [5.41, 5.74) is 2.07. The Hall–Kier alpha value is -0.890. The zero-order chi connectivity index (χ0) is 16.5. The predicted octanol–water partition coefficient (Wildman–Crippen LogP) is 4.34. The van der Waals surface area contributed by atoms with Gasteiger partial charge in [-0.15, -0.1) is 23.5 Å². The van der Waals surface area contributed by atoms with Crippen molar-refractivity contribution in [3.63, 3.8) is 0 Å². The van der Waals surface area contributed by atoms with Gasteiger partial charge in [0.25, 0.3) is 0 Å². The summed E-state index contributed by atoms with van der Waals surface area (Å²) >= 11 is 11.3. The highest BCUT2D eigenvalue weighted by molar-refractivity contribution is 8.16. The zero-order valence-corrected chi connectivity index (χ0v) is 16.1. The van der Waals surface area contributed by atoms with E-state index in [-0.39, 0.29) is 4.87 Å². The zero-order valence-electron chi connectivity index (χ0n) is 12.9. The molecule has 1 saturated heterocycles. The molecule has 0 N–H and O–H groups in total. The first-order chi connectivity index (χ1) is 11.7. The van der Waals surface area contributed by atoms with Gasteiger partial charge in [-0.25, -0.2) is 9.67 Å². The third-order valence-electron chi connectivity index (χ3n) is 3.89. The van der Waals surface area contributed by atoms with E-state index < -0.39 is 0 Å². The Morgan fingerprint density at radius 3 is 2.92 bits per heavy atom. The van der Waals surface area contributed by atoms with Crippen LogP contribution in [-0.4, -0.2) is 20.9 Å². The number of hydrogen-bond donors (Lipinski definition) is 0. The highest BCUT2D eigenvalue weighted by Gasteiger charge is 2.20. The van der Waals surface area contributed by atoms with E-state index in [4.69, 9.17) is 16.6 Å². The van der Waals surface area contributed by atoms with Crippen LogP contribution in [0.25, 0.3) is 6.20 Å². The summed E-state index contributed by atoms with van der Waals surface area (Å²) in [6.45, 7) is 0.782. The first-order valence-corrected chi connectivity index (χ1v) is 11.1. The number of halogens is 1. The Balaban J connectivity index is 1.83. The van der Waals surface area contributed by atoms with Crippen LogP contribution in [0.3, 0.4) is 0 Å². The lowest BCUT2D eigenvalue weighted by molar-refractivity contribution is 0.528. The maximum absolute atomic E-state index is 12.1. The second-order valence-electron chi connectivity index (χ2n) is 5.53. The van der Waals surface area contributed by atoms with E-state index >= 15 is 0 Å². The first kappa shape index (κ1) is 16.6. The van der Waals surface area contributed by atoms with Crippen LogP contribution >= 0.6 is 46.5 Å². The Kier molecular flexibility index (Phi) is 4.94. The van der Waals surface area contributed by atoms with Gasteiger partial charge < -0.3 is 0 Å². The fourth-order valence-corrected chi connectivity index (χ4v) is 6.70. The van der Waals surface area contributed by atoms with Crippen LogP contribution < -0.4 is 9.67 Å². The van der Waals surface area contributed by atoms with Crippen molar-refractivity contribution in [2.24, 2.45) is 4.99 Å². The standard InChI is InChI=1S/C16H16ClN3OS3/c17-11-4-5-13(12(10-11)14-22-8-3-9-23-14)18-15-19-6-1-2-7-20(19)16(21)24-15/h2,4-5,7,10,14H,1,3,6,8-9H2. The molecular formula is C16H16ClN3OS3. The van der Waals surface area contributed by atoms with Crippen molar-refractivity contribution >= 4 is 58.3 Å². The van der Waals surface area contributed by atoms with Crippen LogP contribution in [0.5, 0.6) is 0 Å². The summed E-state index contributed by atoms with van der Waals surface area (Å²) in [4.78, 5) is 17.7. The molecule has 126 valence electrons. The predicted molar refractivity (Wildman–Crippen MR) is 105 cm³/mol. The maximum atomic E-state index is 12.1. The lowest BCUT2D eigenvalue weighted by Crippen LogP contribution is -2.26.